The van der Waals surface area contributed by atoms with E-state index in [0.717, 1.165) is 12.8 Å². The molecule has 98 valence electrons. The Balaban J connectivity index is 2.84. The number of methoxy groups -OCH3 is 1. The van der Waals surface area contributed by atoms with Gasteiger partial charge >= 0.3 is 0 Å². The van der Waals surface area contributed by atoms with Crippen molar-refractivity contribution >= 4 is 5.78 Å². The number of Topliss-reactive ketones (excluding diaryl/α,β-unsaturated/α-hetero) is 1. The van der Waals surface area contributed by atoms with Crippen molar-refractivity contribution in [3.63, 3.8) is 0 Å². The fraction of sp³-hybridized carbons (Fsp3) is 0.800. The van der Waals surface area contributed by atoms with Crippen molar-refractivity contribution < 1.29 is 9.53 Å². The number of carbonyl (C=O) groups is 1. The molecule has 2 atom stereocenters. The number of hydrogen-bond acceptors (Lipinski definition) is 2. The molecule has 2 heteroatoms. The summed E-state index contributed by atoms with van der Waals surface area (Å²) in [5, 5.41) is 0. The van der Waals surface area contributed by atoms with Crippen LogP contribution in [0.25, 0.3) is 0 Å². The number of carbonyl (C=O) groups excluding carboxylic acids is 1. The number of ether oxygens (including phenoxy) is 1. The Morgan fingerprint density at radius 3 is 2.71 bits per heavy atom. The SMILES string of the molecule is C=C1CCCC(C)(C)[C@@H](OC)[C@H]1CCC(C)=O. The summed E-state index contributed by atoms with van der Waals surface area (Å²) in [6, 6.07) is 0. The second kappa shape index (κ2) is 5.81. The highest BCUT2D eigenvalue weighted by Gasteiger charge is 2.38. The summed E-state index contributed by atoms with van der Waals surface area (Å²) >= 11 is 0. The molecule has 1 aliphatic rings. The molecule has 0 radical (unpaired) electrons. The third kappa shape index (κ3) is 3.67. The van der Waals surface area contributed by atoms with Gasteiger partial charge in [0.15, 0.2) is 0 Å². The fourth-order valence-corrected chi connectivity index (χ4v) is 3.05. The first kappa shape index (κ1) is 14.4. The van der Waals surface area contributed by atoms with Crippen LogP contribution < -0.4 is 0 Å². The van der Waals surface area contributed by atoms with Crippen LogP contribution in [0.1, 0.15) is 52.9 Å². The molecule has 2 nitrogen and oxygen atoms in total. The van der Waals surface area contributed by atoms with E-state index in [9.17, 15) is 4.79 Å². The van der Waals surface area contributed by atoms with E-state index in [1.54, 1.807) is 14.0 Å². The fourth-order valence-electron chi connectivity index (χ4n) is 3.05. The van der Waals surface area contributed by atoms with Gasteiger partial charge in [-0.25, -0.2) is 0 Å². The Morgan fingerprint density at radius 1 is 1.53 bits per heavy atom. The topological polar surface area (TPSA) is 26.3 Å². The lowest BCUT2D eigenvalue weighted by atomic mass is 9.75. The number of hydrogen-bond donors (Lipinski definition) is 0. The van der Waals surface area contributed by atoms with Crippen molar-refractivity contribution in [2.45, 2.75) is 59.0 Å². The minimum absolute atomic E-state index is 0.176. The summed E-state index contributed by atoms with van der Waals surface area (Å²) in [5.74, 6) is 0.594. The maximum atomic E-state index is 11.2. The van der Waals surface area contributed by atoms with E-state index in [2.05, 4.69) is 20.4 Å². The summed E-state index contributed by atoms with van der Waals surface area (Å²) in [5.41, 5.74) is 1.44. The number of rotatable bonds is 4. The van der Waals surface area contributed by atoms with Crippen molar-refractivity contribution in [2.75, 3.05) is 7.11 Å². The molecule has 17 heavy (non-hydrogen) atoms. The Kier molecular flexibility index (Phi) is 4.93. The quantitative estimate of drug-likeness (QED) is 0.550. The largest absolute Gasteiger partial charge is 0.380 e. The molecular weight excluding hydrogens is 212 g/mol. The third-order valence-corrected chi connectivity index (χ3v) is 4.04. The first-order chi connectivity index (χ1) is 7.88. The zero-order valence-corrected chi connectivity index (χ0v) is 11.7. The standard InChI is InChI=1S/C15H26O2/c1-11-7-6-10-15(3,4)14(17-5)13(11)9-8-12(2)16/h13-14H,1,6-10H2,2-5H3/t13-,14-/m0/s1. The van der Waals surface area contributed by atoms with Gasteiger partial charge in [0.05, 0.1) is 6.10 Å². The Labute approximate surface area is 105 Å². The van der Waals surface area contributed by atoms with E-state index < -0.39 is 0 Å². The average molecular weight is 238 g/mol. The van der Waals surface area contributed by atoms with Crippen molar-refractivity contribution in [2.24, 2.45) is 11.3 Å². The van der Waals surface area contributed by atoms with Crippen LogP contribution in [0.4, 0.5) is 0 Å². The molecule has 1 fully saturated rings. The van der Waals surface area contributed by atoms with E-state index in [1.807, 2.05) is 0 Å². The maximum absolute atomic E-state index is 11.2. The maximum Gasteiger partial charge on any atom is 0.129 e. The molecule has 0 saturated heterocycles. The van der Waals surface area contributed by atoms with Crippen LogP contribution in [-0.2, 0) is 9.53 Å². The van der Waals surface area contributed by atoms with Crippen molar-refractivity contribution in [1.29, 1.82) is 0 Å². The summed E-state index contributed by atoms with van der Waals surface area (Å²) < 4.78 is 5.73. The normalized spacial score (nSPS) is 28.8. The molecule has 0 unspecified atom stereocenters. The summed E-state index contributed by atoms with van der Waals surface area (Å²) in [7, 11) is 1.78. The predicted molar refractivity (Wildman–Crippen MR) is 71.0 cm³/mol. The van der Waals surface area contributed by atoms with Crippen LogP contribution in [0.15, 0.2) is 12.2 Å². The van der Waals surface area contributed by atoms with Crippen LogP contribution in [0, 0.1) is 11.3 Å². The molecule has 0 aromatic heterocycles. The van der Waals surface area contributed by atoms with Gasteiger partial charge in [0.2, 0.25) is 0 Å². The molecule has 1 aliphatic carbocycles. The number of ketones is 1. The first-order valence-corrected chi connectivity index (χ1v) is 6.58. The lowest BCUT2D eigenvalue weighted by Crippen LogP contribution is -2.37. The summed E-state index contributed by atoms with van der Waals surface area (Å²) in [6.07, 6.45) is 5.14. The van der Waals surface area contributed by atoms with Gasteiger partial charge < -0.3 is 9.53 Å². The van der Waals surface area contributed by atoms with E-state index in [0.29, 0.717) is 12.3 Å². The first-order valence-electron chi connectivity index (χ1n) is 6.58. The third-order valence-electron chi connectivity index (χ3n) is 4.04. The molecule has 0 aliphatic heterocycles. The van der Waals surface area contributed by atoms with Gasteiger partial charge in [0, 0.05) is 19.4 Å². The predicted octanol–water partition coefficient (Wildman–Crippen LogP) is 3.75. The lowest BCUT2D eigenvalue weighted by Gasteiger charge is -2.37. The molecule has 0 aromatic rings. The molecule has 0 N–H and O–H groups in total. The highest BCUT2D eigenvalue weighted by molar-refractivity contribution is 5.75. The second-order valence-corrected chi connectivity index (χ2v) is 6.00. The monoisotopic (exact) mass is 238 g/mol. The minimum Gasteiger partial charge on any atom is -0.380 e. The Hall–Kier alpha value is -0.630. The van der Waals surface area contributed by atoms with Gasteiger partial charge in [-0.3, -0.25) is 0 Å². The molecule has 0 bridgehead atoms. The van der Waals surface area contributed by atoms with Crippen LogP contribution >= 0.6 is 0 Å². The molecule has 0 heterocycles. The zero-order valence-electron chi connectivity index (χ0n) is 11.7. The molecule has 0 spiro atoms. The summed E-state index contributed by atoms with van der Waals surface area (Å²) in [6.45, 7) is 10.4. The van der Waals surface area contributed by atoms with E-state index in [4.69, 9.17) is 4.74 Å². The van der Waals surface area contributed by atoms with E-state index >= 15 is 0 Å². The molecule has 1 saturated carbocycles. The summed E-state index contributed by atoms with van der Waals surface area (Å²) in [4.78, 5) is 11.2. The van der Waals surface area contributed by atoms with E-state index in [1.165, 1.54) is 18.4 Å². The minimum atomic E-state index is 0.176. The van der Waals surface area contributed by atoms with Crippen molar-refractivity contribution in [1.82, 2.24) is 0 Å². The molecular formula is C15H26O2. The highest BCUT2D eigenvalue weighted by Crippen LogP contribution is 2.42. The molecule has 0 amide bonds. The molecule has 1 rings (SSSR count). The lowest BCUT2D eigenvalue weighted by molar-refractivity contribution is -0.117. The average Bonchev–Trinajstić information content (AvgIpc) is 2.32. The van der Waals surface area contributed by atoms with Crippen LogP contribution in [0.3, 0.4) is 0 Å². The smallest absolute Gasteiger partial charge is 0.129 e. The van der Waals surface area contributed by atoms with Gasteiger partial charge in [-0.2, -0.15) is 0 Å². The van der Waals surface area contributed by atoms with Crippen LogP contribution in [-0.4, -0.2) is 19.0 Å². The highest BCUT2D eigenvalue weighted by atomic mass is 16.5. The van der Waals surface area contributed by atoms with Crippen LogP contribution in [0.5, 0.6) is 0 Å². The Bertz CT molecular complexity index is 291. The van der Waals surface area contributed by atoms with Gasteiger partial charge in [-0.05, 0) is 38.0 Å². The van der Waals surface area contributed by atoms with Crippen LogP contribution in [0.2, 0.25) is 0 Å². The van der Waals surface area contributed by atoms with Gasteiger partial charge in [-0.1, -0.05) is 26.0 Å². The van der Waals surface area contributed by atoms with Crippen molar-refractivity contribution in [3.05, 3.63) is 12.2 Å². The second-order valence-electron chi connectivity index (χ2n) is 6.00. The zero-order chi connectivity index (χ0) is 13.1. The molecule has 0 aromatic carbocycles. The van der Waals surface area contributed by atoms with E-state index in [-0.39, 0.29) is 17.3 Å². The Morgan fingerprint density at radius 2 is 2.18 bits per heavy atom. The van der Waals surface area contributed by atoms with Gasteiger partial charge in [-0.15, -0.1) is 0 Å². The van der Waals surface area contributed by atoms with Gasteiger partial charge in [0.1, 0.15) is 5.78 Å². The van der Waals surface area contributed by atoms with Gasteiger partial charge in [0.25, 0.3) is 0 Å². The van der Waals surface area contributed by atoms with Crippen molar-refractivity contribution in [3.8, 4) is 0 Å².